The summed E-state index contributed by atoms with van der Waals surface area (Å²) in [4.78, 5) is 42.5. The van der Waals surface area contributed by atoms with E-state index in [9.17, 15) is 14.4 Å². The van der Waals surface area contributed by atoms with Crippen molar-refractivity contribution in [1.29, 1.82) is 0 Å². The largest absolute Gasteiger partial charge is 0.466 e. The molecule has 188 valence electrons. The van der Waals surface area contributed by atoms with Gasteiger partial charge in [-0.1, -0.05) is 42.5 Å². The molecule has 0 spiro atoms. The number of esters is 1. The molecular weight excluding hydrogens is 472 g/mol. The first-order valence-corrected chi connectivity index (χ1v) is 13.3. The summed E-state index contributed by atoms with van der Waals surface area (Å²) in [6, 6.07) is 19.5. The van der Waals surface area contributed by atoms with E-state index < -0.39 is 0 Å². The Hall–Kier alpha value is -3.45. The summed E-state index contributed by atoms with van der Waals surface area (Å²) < 4.78 is 5.12. The number of thiophene rings is 1. The van der Waals surface area contributed by atoms with E-state index in [4.69, 9.17) is 4.74 Å². The van der Waals surface area contributed by atoms with E-state index in [2.05, 4.69) is 0 Å². The lowest BCUT2D eigenvalue weighted by molar-refractivity contribution is -0.151. The van der Waals surface area contributed by atoms with Crippen molar-refractivity contribution in [1.82, 2.24) is 4.90 Å². The zero-order chi connectivity index (χ0) is 25.5. The molecule has 0 radical (unpaired) electrons. The SMILES string of the molecule is CCOC(=O)C1CCN(C(=O)Cc2ccc(N(Cc3ccccc3C)C(=O)c3cccs3)cc2)CC1. The first kappa shape index (κ1) is 25.6. The average molecular weight is 505 g/mol. The van der Waals surface area contributed by atoms with E-state index >= 15 is 0 Å². The van der Waals surface area contributed by atoms with Gasteiger partial charge in [-0.3, -0.25) is 14.4 Å². The lowest BCUT2D eigenvalue weighted by atomic mass is 9.96. The predicted molar refractivity (Wildman–Crippen MR) is 142 cm³/mol. The van der Waals surface area contributed by atoms with Gasteiger partial charge in [0, 0.05) is 18.8 Å². The van der Waals surface area contributed by atoms with Crippen LogP contribution >= 0.6 is 11.3 Å². The number of anilines is 1. The molecule has 0 unspecified atom stereocenters. The number of ether oxygens (including phenoxy) is 1. The fourth-order valence-corrected chi connectivity index (χ4v) is 5.15. The van der Waals surface area contributed by atoms with Gasteiger partial charge >= 0.3 is 5.97 Å². The number of piperidine rings is 1. The number of likely N-dealkylation sites (tertiary alicyclic amines) is 1. The zero-order valence-electron chi connectivity index (χ0n) is 20.8. The van der Waals surface area contributed by atoms with Crippen LogP contribution in [0.15, 0.2) is 66.0 Å². The third-order valence-corrected chi connectivity index (χ3v) is 7.50. The van der Waals surface area contributed by atoms with E-state index in [0.29, 0.717) is 50.4 Å². The summed E-state index contributed by atoms with van der Waals surface area (Å²) >= 11 is 1.43. The Balaban J connectivity index is 1.43. The van der Waals surface area contributed by atoms with E-state index in [0.717, 1.165) is 22.4 Å². The van der Waals surface area contributed by atoms with Crippen LogP contribution in [0.3, 0.4) is 0 Å². The maximum Gasteiger partial charge on any atom is 0.309 e. The van der Waals surface area contributed by atoms with E-state index in [-0.39, 0.29) is 23.7 Å². The Morgan fingerprint density at radius 2 is 1.72 bits per heavy atom. The molecule has 2 amide bonds. The molecule has 2 heterocycles. The van der Waals surface area contributed by atoms with Gasteiger partial charge in [0.1, 0.15) is 0 Å². The molecule has 0 bridgehead atoms. The van der Waals surface area contributed by atoms with Gasteiger partial charge in [0.15, 0.2) is 0 Å². The van der Waals surface area contributed by atoms with E-state index in [1.54, 1.807) is 4.90 Å². The highest BCUT2D eigenvalue weighted by Crippen LogP contribution is 2.25. The van der Waals surface area contributed by atoms with Crippen LogP contribution in [0, 0.1) is 12.8 Å². The second kappa shape index (κ2) is 12.0. The van der Waals surface area contributed by atoms with Crippen LogP contribution in [0.25, 0.3) is 0 Å². The number of hydrogen-bond acceptors (Lipinski definition) is 5. The van der Waals surface area contributed by atoms with Crippen LogP contribution in [0.1, 0.15) is 46.1 Å². The summed E-state index contributed by atoms with van der Waals surface area (Å²) in [6.45, 7) is 5.85. The Labute approximate surface area is 216 Å². The molecular formula is C29H32N2O4S. The molecule has 1 fully saturated rings. The van der Waals surface area contributed by atoms with Gasteiger partial charge in [0.2, 0.25) is 5.91 Å². The van der Waals surface area contributed by atoms with Crippen LogP contribution in [0.5, 0.6) is 0 Å². The number of nitrogens with zero attached hydrogens (tertiary/aromatic N) is 2. The van der Waals surface area contributed by atoms with Crippen molar-refractivity contribution in [2.75, 3.05) is 24.6 Å². The minimum absolute atomic E-state index is 0.0402. The van der Waals surface area contributed by atoms with Crippen LogP contribution in [0.2, 0.25) is 0 Å². The quantitative estimate of drug-likeness (QED) is 0.393. The van der Waals surface area contributed by atoms with Crippen molar-refractivity contribution in [2.24, 2.45) is 5.92 Å². The monoisotopic (exact) mass is 504 g/mol. The number of hydrogen-bond donors (Lipinski definition) is 0. The first-order valence-electron chi connectivity index (χ1n) is 12.4. The second-order valence-electron chi connectivity index (χ2n) is 9.05. The highest BCUT2D eigenvalue weighted by atomic mass is 32.1. The molecule has 1 aromatic heterocycles. The van der Waals surface area contributed by atoms with Gasteiger partial charge in [0.05, 0.1) is 30.4 Å². The standard InChI is InChI=1S/C29H32N2O4S/c1-3-35-29(34)23-14-16-30(17-15-23)27(32)19-22-10-12-25(13-11-22)31(28(33)26-9-6-18-36-26)20-24-8-5-4-7-21(24)2/h4-13,18,23H,3,14-17,19-20H2,1-2H3. The first-order chi connectivity index (χ1) is 17.5. The predicted octanol–water partition coefficient (Wildman–Crippen LogP) is 5.25. The van der Waals surface area contributed by atoms with Crippen LogP contribution in [-0.4, -0.2) is 42.4 Å². The van der Waals surface area contributed by atoms with Gasteiger partial charge in [-0.25, -0.2) is 0 Å². The molecule has 0 saturated carbocycles. The lowest BCUT2D eigenvalue weighted by Crippen LogP contribution is -2.41. The minimum Gasteiger partial charge on any atom is -0.466 e. The number of rotatable bonds is 8. The van der Waals surface area contributed by atoms with Gasteiger partial charge in [0.25, 0.3) is 5.91 Å². The maximum absolute atomic E-state index is 13.3. The molecule has 1 aliphatic rings. The minimum atomic E-state index is -0.160. The number of aryl methyl sites for hydroxylation is 1. The normalized spacial score (nSPS) is 13.9. The molecule has 0 N–H and O–H groups in total. The molecule has 36 heavy (non-hydrogen) atoms. The lowest BCUT2D eigenvalue weighted by Gasteiger charge is -2.31. The summed E-state index contributed by atoms with van der Waals surface area (Å²) in [5.41, 5.74) is 3.92. The van der Waals surface area contributed by atoms with Gasteiger partial charge < -0.3 is 14.5 Å². The summed E-state index contributed by atoms with van der Waals surface area (Å²) in [7, 11) is 0. The molecule has 6 nitrogen and oxygen atoms in total. The third kappa shape index (κ3) is 6.21. The highest BCUT2D eigenvalue weighted by Gasteiger charge is 2.28. The molecule has 1 aliphatic heterocycles. The molecule has 4 rings (SSSR count). The molecule has 3 aromatic rings. The van der Waals surface area contributed by atoms with Crippen molar-refractivity contribution in [2.45, 2.75) is 39.7 Å². The number of carbonyl (C=O) groups is 3. The Morgan fingerprint density at radius 3 is 2.36 bits per heavy atom. The van der Waals surface area contributed by atoms with Crippen LogP contribution < -0.4 is 4.90 Å². The van der Waals surface area contributed by atoms with Crippen molar-refractivity contribution in [3.63, 3.8) is 0 Å². The van der Waals surface area contributed by atoms with E-state index in [1.165, 1.54) is 11.3 Å². The maximum atomic E-state index is 13.3. The molecule has 0 aliphatic carbocycles. The van der Waals surface area contributed by atoms with Gasteiger partial charge in [-0.15, -0.1) is 11.3 Å². The molecule has 2 aromatic carbocycles. The average Bonchev–Trinajstić information content (AvgIpc) is 3.44. The highest BCUT2D eigenvalue weighted by molar-refractivity contribution is 7.12. The fourth-order valence-electron chi connectivity index (χ4n) is 4.48. The number of amides is 2. The third-order valence-electron chi connectivity index (χ3n) is 6.64. The fraction of sp³-hybridized carbons (Fsp3) is 0.345. The van der Waals surface area contributed by atoms with Crippen molar-refractivity contribution in [3.05, 3.63) is 87.6 Å². The number of carbonyl (C=O) groups excluding carboxylic acids is 3. The summed E-state index contributed by atoms with van der Waals surface area (Å²) in [6.07, 6.45) is 1.57. The molecule has 7 heteroatoms. The van der Waals surface area contributed by atoms with Crippen LogP contribution in [-0.2, 0) is 27.3 Å². The van der Waals surface area contributed by atoms with Crippen molar-refractivity contribution in [3.8, 4) is 0 Å². The Morgan fingerprint density at radius 1 is 1.00 bits per heavy atom. The van der Waals surface area contributed by atoms with Crippen molar-refractivity contribution >= 4 is 34.8 Å². The Bertz CT molecular complexity index is 1180. The van der Waals surface area contributed by atoms with Crippen molar-refractivity contribution < 1.29 is 19.1 Å². The van der Waals surface area contributed by atoms with E-state index in [1.807, 2.05) is 84.8 Å². The zero-order valence-corrected chi connectivity index (χ0v) is 21.6. The summed E-state index contributed by atoms with van der Waals surface area (Å²) in [5, 5.41) is 1.91. The van der Waals surface area contributed by atoms with Gasteiger partial charge in [-0.05, 0) is 67.0 Å². The summed E-state index contributed by atoms with van der Waals surface area (Å²) in [5.74, 6) is -0.265. The van der Waals surface area contributed by atoms with Gasteiger partial charge in [-0.2, -0.15) is 0 Å². The topological polar surface area (TPSA) is 66.9 Å². The Kier molecular flexibility index (Phi) is 8.54. The molecule has 1 saturated heterocycles. The smallest absolute Gasteiger partial charge is 0.309 e. The van der Waals surface area contributed by atoms with Crippen LogP contribution in [0.4, 0.5) is 5.69 Å². The second-order valence-corrected chi connectivity index (χ2v) is 9.99. The number of benzene rings is 2. The molecule has 0 atom stereocenters.